The predicted molar refractivity (Wildman–Crippen MR) is 75.2 cm³/mol. The lowest BCUT2D eigenvalue weighted by atomic mass is 10.2. The van der Waals surface area contributed by atoms with E-state index in [1.165, 1.54) is 0 Å². The maximum absolute atomic E-state index is 4.23. The first-order valence-electron chi connectivity index (χ1n) is 5.93. The number of nitrogens with zero attached hydrogens (tertiary/aromatic N) is 1. The highest BCUT2D eigenvalue weighted by atomic mass is 14.9. The Hall–Kier alpha value is -2.35. The monoisotopic (exact) mass is 236 g/mol. The van der Waals surface area contributed by atoms with E-state index in [-0.39, 0.29) is 0 Å². The van der Waals surface area contributed by atoms with Crippen molar-refractivity contribution in [1.29, 1.82) is 0 Å². The number of imidazole rings is 1. The lowest BCUT2D eigenvalue weighted by Gasteiger charge is -1.93. The molecule has 0 saturated carbocycles. The molecule has 0 radical (unpaired) electrons. The molecular formula is C16H16N2. The van der Waals surface area contributed by atoms with Gasteiger partial charge in [-0.1, -0.05) is 66.7 Å². The fourth-order valence-electron chi connectivity index (χ4n) is 1.54. The Morgan fingerprint density at radius 1 is 0.778 bits per heavy atom. The highest BCUT2D eigenvalue weighted by Crippen LogP contribution is 2.13. The van der Waals surface area contributed by atoms with Crippen molar-refractivity contribution in [2.75, 3.05) is 0 Å². The Morgan fingerprint density at radius 3 is 1.72 bits per heavy atom. The second-order valence-electron chi connectivity index (χ2n) is 3.94. The minimum Gasteiger partial charge on any atom is -0.342 e. The summed E-state index contributed by atoms with van der Waals surface area (Å²) in [6.45, 7) is 2.00. The van der Waals surface area contributed by atoms with Crippen LogP contribution >= 0.6 is 0 Å². The van der Waals surface area contributed by atoms with E-state index in [9.17, 15) is 0 Å². The first-order chi connectivity index (χ1) is 8.86. The van der Waals surface area contributed by atoms with Crippen molar-refractivity contribution in [1.82, 2.24) is 9.97 Å². The van der Waals surface area contributed by atoms with Gasteiger partial charge in [-0.15, -0.1) is 0 Å². The van der Waals surface area contributed by atoms with E-state index in [0.29, 0.717) is 0 Å². The molecule has 0 amide bonds. The molecule has 2 nitrogen and oxygen atoms in total. The van der Waals surface area contributed by atoms with E-state index in [1.807, 2.05) is 79.9 Å². The Kier molecular flexibility index (Phi) is 4.31. The molecular weight excluding hydrogens is 220 g/mol. The topological polar surface area (TPSA) is 28.7 Å². The van der Waals surface area contributed by atoms with E-state index < -0.39 is 0 Å². The van der Waals surface area contributed by atoms with Crippen LogP contribution in [0.5, 0.6) is 0 Å². The van der Waals surface area contributed by atoms with Gasteiger partial charge in [0.15, 0.2) is 0 Å². The SMILES string of the molecule is Cc1cnc(-c2ccccc2)[nH]1.c1ccccc1. The zero-order valence-electron chi connectivity index (χ0n) is 10.4. The number of hydrogen-bond donors (Lipinski definition) is 1. The summed E-state index contributed by atoms with van der Waals surface area (Å²) in [4.78, 5) is 7.41. The number of rotatable bonds is 1. The number of nitrogens with one attached hydrogen (secondary N) is 1. The van der Waals surface area contributed by atoms with Gasteiger partial charge in [-0.2, -0.15) is 0 Å². The molecule has 0 aliphatic carbocycles. The maximum atomic E-state index is 4.23. The van der Waals surface area contributed by atoms with Crippen LogP contribution in [0.25, 0.3) is 11.4 Å². The van der Waals surface area contributed by atoms with Gasteiger partial charge in [0.2, 0.25) is 0 Å². The van der Waals surface area contributed by atoms with Crippen LogP contribution < -0.4 is 0 Å². The maximum Gasteiger partial charge on any atom is 0.137 e. The van der Waals surface area contributed by atoms with Crippen molar-refractivity contribution < 1.29 is 0 Å². The van der Waals surface area contributed by atoms with E-state index >= 15 is 0 Å². The number of hydrogen-bond acceptors (Lipinski definition) is 1. The van der Waals surface area contributed by atoms with Crippen LogP contribution in [0.15, 0.2) is 72.9 Å². The summed E-state index contributed by atoms with van der Waals surface area (Å²) in [6, 6.07) is 22.1. The average Bonchev–Trinajstić information content (AvgIpc) is 2.89. The average molecular weight is 236 g/mol. The van der Waals surface area contributed by atoms with Crippen LogP contribution in [0.3, 0.4) is 0 Å². The van der Waals surface area contributed by atoms with Crippen molar-refractivity contribution in [2.45, 2.75) is 6.92 Å². The third-order valence-corrected chi connectivity index (χ3v) is 2.42. The van der Waals surface area contributed by atoms with E-state index in [4.69, 9.17) is 0 Å². The Bertz CT molecular complexity index is 529. The van der Waals surface area contributed by atoms with Gasteiger partial charge in [0, 0.05) is 17.5 Å². The van der Waals surface area contributed by atoms with Crippen LogP contribution in [0.4, 0.5) is 0 Å². The van der Waals surface area contributed by atoms with Gasteiger partial charge < -0.3 is 4.98 Å². The summed E-state index contributed by atoms with van der Waals surface area (Å²) in [7, 11) is 0. The molecule has 0 saturated heterocycles. The van der Waals surface area contributed by atoms with Gasteiger partial charge in [-0.05, 0) is 6.92 Å². The molecule has 0 aliphatic heterocycles. The molecule has 90 valence electrons. The summed E-state index contributed by atoms with van der Waals surface area (Å²) in [5.74, 6) is 0.938. The van der Waals surface area contributed by atoms with Gasteiger partial charge in [-0.3, -0.25) is 0 Å². The Balaban J connectivity index is 0.000000169. The number of aromatic nitrogens is 2. The standard InChI is InChI=1S/C10H10N2.C6H6/c1-8-7-11-10(12-8)9-5-3-2-4-6-9;1-2-4-6-5-3-1/h2-7H,1H3,(H,11,12);1-6H. The molecule has 0 bridgehead atoms. The lowest BCUT2D eigenvalue weighted by Crippen LogP contribution is -1.78. The van der Waals surface area contributed by atoms with Crippen molar-refractivity contribution >= 4 is 0 Å². The van der Waals surface area contributed by atoms with E-state index in [0.717, 1.165) is 17.1 Å². The van der Waals surface area contributed by atoms with Crippen LogP contribution in [-0.2, 0) is 0 Å². The molecule has 2 heteroatoms. The van der Waals surface area contributed by atoms with Crippen molar-refractivity contribution in [2.24, 2.45) is 0 Å². The minimum absolute atomic E-state index is 0.938. The zero-order valence-corrected chi connectivity index (χ0v) is 10.4. The molecule has 0 atom stereocenters. The third kappa shape index (κ3) is 3.59. The van der Waals surface area contributed by atoms with E-state index in [1.54, 1.807) is 0 Å². The Labute approximate surface area is 107 Å². The van der Waals surface area contributed by atoms with E-state index in [2.05, 4.69) is 9.97 Å². The fraction of sp³-hybridized carbons (Fsp3) is 0.0625. The lowest BCUT2D eigenvalue weighted by molar-refractivity contribution is 1.26. The fourth-order valence-corrected chi connectivity index (χ4v) is 1.54. The van der Waals surface area contributed by atoms with Gasteiger partial charge in [0.25, 0.3) is 0 Å². The van der Waals surface area contributed by atoms with Crippen molar-refractivity contribution in [3.63, 3.8) is 0 Å². The summed E-state index contributed by atoms with van der Waals surface area (Å²) >= 11 is 0. The summed E-state index contributed by atoms with van der Waals surface area (Å²) in [5, 5.41) is 0. The quantitative estimate of drug-likeness (QED) is 0.677. The van der Waals surface area contributed by atoms with Crippen LogP contribution in [0, 0.1) is 6.92 Å². The Morgan fingerprint density at radius 2 is 1.28 bits per heavy atom. The number of H-pyrrole nitrogens is 1. The van der Waals surface area contributed by atoms with Gasteiger partial charge in [0.1, 0.15) is 5.82 Å². The number of aromatic amines is 1. The minimum atomic E-state index is 0.938. The highest BCUT2D eigenvalue weighted by Gasteiger charge is 1.98. The normalized spacial score (nSPS) is 9.39. The van der Waals surface area contributed by atoms with Gasteiger partial charge >= 0.3 is 0 Å². The first-order valence-corrected chi connectivity index (χ1v) is 5.93. The summed E-state index contributed by atoms with van der Waals surface area (Å²) in [6.07, 6.45) is 1.84. The molecule has 0 unspecified atom stereocenters. The molecule has 1 N–H and O–H groups in total. The molecule has 0 fully saturated rings. The molecule has 1 aromatic heterocycles. The molecule has 0 spiro atoms. The van der Waals surface area contributed by atoms with Crippen LogP contribution in [-0.4, -0.2) is 9.97 Å². The summed E-state index contributed by atoms with van der Waals surface area (Å²) < 4.78 is 0. The second kappa shape index (κ2) is 6.40. The zero-order chi connectivity index (χ0) is 12.6. The van der Waals surface area contributed by atoms with Crippen LogP contribution in [0.1, 0.15) is 5.69 Å². The number of benzene rings is 2. The molecule has 18 heavy (non-hydrogen) atoms. The largest absolute Gasteiger partial charge is 0.342 e. The molecule has 2 aromatic carbocycles. The third-order valence-electron chi connectivity index (χ3n) is 2.42. The van der Waals surface area contributed by atoms with Crippen molar-refractivity contribution in [3.05, 3.63) is 78.6 Å². The molecule has 1 heterocycles. The van der Waals surface area contributed by atoms with Gasteiger partial charge in [0.05, 0.1) is 0 Å². The predicted octanol–water partition coefficient (Wildman–Crippen LogP) is 4.07. The molecule has 0 aliphatic rings. The smallest absolute Gasteiger partial charge is 0.137 e. The number of aryl methyl sites for hydroxylation is 1. The molecule has 3 aromatic rings. The summed E-state index contributed by atoms with van der Waals surface area (Å²) in [5.41, 5.74) is 2.22. The second-order valence-corrected chi connectivity index (χ2v) is 3.94. The molecule has 3 rings (SSSR count). The van der Waals surface area contributed by atoms with Crippen molar-refractivity contribution in [3.8, 4) is 11.4 Å². The van der Waals surface area contributed by atoms with Gasteiger partial charge in [-0.25, -0.2) is 4.98 Å². The highest BCUT2D eigenvalue weighted by molar-refractivity contribution is 5.54. The van der Waals surface area contributed by atoms with Crippen LogP contribution in [0.2, 0.25) is 0 Å². The first kappa shape index (κ1) is 12.1.